The number of H-pyrrole nitrogens is 1. The number of aromatic amines is 1. The number of nitrogens with zero attached hydrogens (tertiary/aromatic N) is 6. The van der Waals surface area contributed by atoms with Crippen LogP contribution in [0, 0.1) is 0 Å². The number of hydrogen-bond acceptors (Lipinski definition) is 10. The molecule has 5 heterocycles. The van der Waals surface area contributed by atoms with Gasteiger partial charge in [-0.3, -0.25) is 9.69 Å². The van der Waals surface area contributed by atoms with Crippen molar-refractivity contribution in [1.82, 2.24) is 29.7 Å². The minimum atomic E-state index is -0.655. The first-order valence-electron chi connectivity index (χ1n) is 16.0. The molecule has 12 heteroatoms. The normalized spacial score (nSPS) is 19.2. The van der Waals surface area contributed by atoms with Crippen LogP contribution in [-0.4, -0.2) is 107 Å². The number of carbonyl (C=O) groups is 1. The molecule has 0 radical (unpaired) electrons. The molecule has 3 aliphatic rings. The molecule has 7 rings (SSSR count). The number of fused-ring (bicyclic) bond motifs is 1. The highest BCUT2D eigenvalue weighted by atomic mass is 16.5. The van der Waals surface area contributed by atoms with Crippen LogP contribution in [0.4, 0.5) is 23.0 Å². The molecule has 3 aliphatic heterocycles. The van der Waals surface area contributed by atoms with E-state index in [2.05, 4.69) is 54.5 Å². The summed E-state index contributed by atoms with van der Waals surface area (Å²) >= 11 is 0. The van der Waals surface area contributed by atoms with Crippen molar-refractivity contribution < 1.29 is 9.53 Å². The van der Waals surface area contributed by atoms with Crippen LogP contribution in [0.25, 0.3) is 22.3 Å². The number of nitrogens with two attached hydrogens (primary N) is 1. The number of hydrogen-bond donors (Lipinski definition) is 4. The molecule has 2 aromatic carbocycles. The number of piperazine rings is 1. The van der Waals surface area contributed by atoms with E-state index < -0.39 is 5.91 Å². The highest BCUT2D eigenvalue weighted by molar-refractivity contribution is 5.99. The van der Waals surface area contributed by atoms with Crippen molar-refractivity contribution in [1.29, 1.82) is 0 Å². The number of ether oxygens (including phenoxy) is 1. The fraction of sp³-hybridized carbons (Fsp3) is 0.455. The van der Waals surface area contributed by atoms with E-state index in [4.69, 9.17) is 20.4 Å². The second kappa shape index (κ2) is 13.0. The lowest BCUT2D eigenvalue weighted by Gasteiger charge is -2.42. The van der Waals surface area contributed by atoms with Crippen molar-refractivity contribution >= 4 is 40.0 Å². The first kappa shape index (κ1) is 29.5. The number of amides is 1. The number of nitrogens with one attached hydrogen (secondary N) is 3. The van der Waals surface area contributed by atoms with Crippen molar-refractivity contribution in [3.8, 4) is 11.3 Å². The first-order chi connectivity index (χ1) is 22.0. The van der Waals surface area contributed by atoms with Gasteiger partial charge < -0.3 is 35.9 Å². The lowest BCUT2D eigenvalue weighted by Crippen LogP contribution is -2.52. The predicted molar refractivity (Wildman–Crippen MR) is 177 cm³/mol. The van der Waals surface area contributed by atoms with Crippen LogP contribution < -0.4 is 21.3 Å². The van der Waals surface area contributed by atoms with Gasteiger partial charge in [0.1, 0.15) is 5.69 Å². The van der Waals surface area contributed by atoms with E-state index in [0.717, 1.165) is 61.3 Å². The Morgan fingerprint density at radius 3 is 2.42 bits per heavy atom. The Morgan fingerprint density at radius 2 is 1.69 bits per heavy atom. The molecular weight excluding hydrogens is 568 g/mol. The molecule has 3 saturated heterocycles. The third-order valence-electron chi connectivity index (χ3n) is 9.41. The summed E-state index contributed by atoms with van der Waals surface area (Å²) in [5, 5.41) is 6.92. The summed E-state index contributed by atoms with van der Waals surface area (Å²) in [6.45, 7) is 8.12. The van der Waals surface area contributed by atoms with E-state index in [0.29, 0.717) is 36.6 Å². The maximum atomic E-state index is 12.7. The number of para-hydroxylation sites is 1. The summed E-state index contributed by atoms with van der Waals surface area (Å²) in [6.07, 6.45) is 5.72. The zero-order valence-electron chi connectivity index (χ0n) is 25.8. The molecule has 0 atom stereocenters. The van der Waals surface area contributed by atoms with Gasteiger partial charge in [-0.25, -0.2) is 15.0 Å². The number of primary amides is 1. The Bertz CT molecular complexity index is 1620. The highest BCUT2D eigenvalue weighted by Gasteiger charge is 2.27. The molecule has 45 heavy (non-hydrogen) atoms. The van der Waals surface area contributed by atoms with Crippen LogP contribution in [0.3, 0.4) is 0 Å². The number of benzene rings is 2. The van der Waals surface area contributed by atoms with Crippen LogP contribution in [0.2, 0.25) is 0 Å². The van der Waals surface area contributed by atoms with E-state index in [1.165, 1.54) is 31.6 Å². The summed E-state index contributed by atoms with van der Waals surface area (Å²) in [5.41, 5.74) is 10.9. The van der Waals surface area contributed by atoms with Crippen molar-refractivity contribution in [2.75, 3.05) is 75.1 Å². The average Bonchev–Trinajstić information content (AvgIpc) is 3.56. The summed E-state index contributed by atoms with van der Waals surface area (Å²) in [5.74, 6) is 0.235. The highest BCUT2D eigenvalue weighted by Crippen LogP contribution is 2.34. The van der Waals surface area contributed by atoms with Crippen LogP contribution in [0.1, 0.15) is 36.2 Å². The SMILES string of the molecule is CN1CCN(C2CCN(c3ccc(Nc4nc(NC5CCOCC5)c(-c5cccc6[nH]cnc56)nc4C(N)=O)cc3)CC2)CC1. The maximum Gasteiger partial charge on any atom is 0.271 e. The molecule has 12 nitrogen and oxygen atoms in total. The van der Waals surface area contributed by atoms with E-state index >= 15 is 0 Å². The van der Waals surface area contributed by atoms with Gasteiger partial charge in [0.05, 0.1) is 17.4 Å². The van der Waals surface area contributed by atoms with Crippen LogP contribution >= 0.6 is 0 Å². The molecule has 4 aromatic rings. The molecular formula is C33H42N10O2. The van der Waals surface area contributed by atoms with E-state index in [1.54, 1.807) is 6.33 Å². The van der Waals surface area contributed by atoms with Crippen LogP contribution in [-0.2, 0) is 4.74 Å². The summed E-state index contributed by atoms with van der Waals surface area (Å²) in [4.78, 5) is 37.7. The molecule has 0 bridgehead atoms. The van der Waals surface area contributed by atoms with Gasteiger partial charge in [0, 0.05) is 81.5 Å². The number of likely N-dealkylation sites (N-methyl/N-ethyl adjacent to an activating group) is 1. The zero-order chi connectivity index (χ0) is 30.8. The second-order valence-corrected chi connectivity index (χ2v) is 12.3. The summed E-state index contributed by atoms with van der Waals surface area (Å²) < 4.78 is 5.57. The second-order valence-electron chi connectivity index (χ2n) is 12.3. The Morgan fingerprint density at radius 1 is 0.933 bits per heavy atom. The largest absolute Gasteiger partial charge is 0.381 e. The topological polar surface area (TPSA) is 141 Å². The van der Waals surface area contributed by atoms with Gasteiger partial charge in [-0.1, -0.05) is 12.1 Å². The lowest BCUT2D eigenvalue weighted by atomic mass is 10.0. The standard InChI is InChI=1S/C33H42N10O2/c1-41-15-17-43(18-16-41)25-9-13-42(14-10-25)24-7-5-22(6-8-24)37-33-30(31(34)44)39-29(26-3-2-4-27-28(26)36-21-35-27)32(40-33)38-23-11-19-45-20-12-23/h2-8,21,23,25H,9-20H2,1H3,(H2,34,44)(H,35,36)(H2,37,38,40). The Balaban J connectivity index is 1.12. The van der Waals surface area contributed by atoms with Crippen molar-refractivity contribution in [2.45, 2.75) is 37.8 Å². The number of anilines is 4. The van der Waals surface area contributed by atoms with Crippen LogP contribution in [0.5, 0.6) is 0 Å². The Labute approximate surface area is 263 Å². The number of imidazole rings is 1. The van der Waals surface area contributed by atoms with Gasteiger partial charge in [0.2, 0.25) is 0 Å². The van der Waals surface area contributed by atoms with Gasteiger partial charge in [-0.2, -0.15) is 0 Å². The van der Waals surface area contributed by atoms with E-state index in [-0.39, 0.29) is 11.7 Å². The maximum absolute atomic E-state index is 12.7. The number of piperidine rings is 1. The molecule has 5 N–H and O–H groups in total. The van der Waals surface area contributed by atoms with Crippen molar-refractivity contribution in [3.63, 3.8) is 0 Å². The first-order valence-corrected chi connectivity index (χ1v) is 16.0. The van der Waals surface area contributed by atoms with E-state index in [1.807, 2.05) is 30.3 Å². The smallest absolute Gasteiger partial charge is 0.271 e. The Kier molecular flexibility index (Phi) is 8.51. The fourth-order valence-corrected chi connectivity index (χ4v) is 6.74. The molecule has 0 unspecified atom stereocenters. The zero-order valence-corrected chi connectivity index (χ0v) is 25.8. The molecule has 0 aliphatic carbocycles. The van der Waals surface area contributed by atoms with Crippen LogP contribution in [0.15, 0.2) is 48.8 Å². The van der Waals surface area contributed by atoms with Gasteiger partial charge in [0.25, 0.3) is 5.91 Å². The molecule has 0 saturated carbocycles. The Hall–Kier alpha value is -4.26. The third kappa shape index (κ3) is 6.44. The fourth-order valence-electron chi connectivity index (χ4n) is 6.74. The van der Waals surface area contributed by atoms with Gasteiger partial charge in [0.15, 0.2) is 17.3 Å². The molecule has 236 valence electrons. The van der Waals surface area contributed by atoms with Gasteiger partial charge in [-0.05, 0) is 63.1 Å². The molecule has 1 amide bonds. The molecule has 0 spiro atoms. The van der Waals surface area contributed by atoms with Crippen molar-refractivity contribution in [3.05, 3.63) is 54.5 Å². The lowest BCUT2D eigenvalue weighted by molar-refractivity contribution is 0.0904. The molecule has 3 fully saturated rings. The van der Waals surface area contributed by atoms with Crippen molar-refractivity contribution in [2.24, 2.45) is 5.73 Å². The van der Waals surface area contributed by atoms with E-state index in [9.17, 15) is 4.79 Å². The minimum absolute atomic E-state index is 0.0742. The number of aromatic nitrogens is 4. The van der Waals surface area contributed by atoms with Gasteiger partial charge >= 0.3 is 0 Å². The predicted octanol–water partition coefficient (Wildman–Crippen LogP) is 3.67. The third-order valence-corrected chi connectivity index (χ3v) is 9.41. The minimum Gasteiger partial charge on any atom is -0.381 e. The molecule has 2 aromatic heterocycles. The summed E-state index contributed by atoms with van der Waals surface area (Å²) in [7, 11) is 2.21. The number of rotatable bonds is 8. The summed E-state index contributed by atoms with van der Waals surface area (Å²) in [6, 6.07) is 15.0. The number of carbonyl (C=O) groups excluding carboxylic acids is 1. The average molecular weight is 611 g/mol. The quantitative estimate of drug-likeness (QED) is 0.234. The van der Waals surface area contributed by atoms with Gasteiger partial charge in [-0.15, -0.1) is 0 Å². The monoisotopic (exact) mass is 610 g/mol.